The number of pyridine rings is 1. The van der Waals surface area contributed by atoms with Crippen molar-refractivity contribution in [3.63, 3.8) is 0 Å². The van der Waals surface area contributed by atoms with E-state index in [1.165, 1.54) is 31.6 Å². The molecule has 5 saturated heterocycles. The first-order chi connectivity index (χ1) is 40.1. The third-order valence-electron chi connectivity index (χ3n) is 20.1. The zero-order valence-electron chi connectivity index (χ0n) is 48.5. The van der Waals surface area contributed by atoms with E-state index in [4.69, 9.17) is 34.3 Å². The first-order valence-electron chi connectivity index (χ1n) is 30.5. The van der Waals surface area contributed by atoms with Crippen molar-refractivity contribution in [3.8, 4) is 23.0 Å². The smallest absolute Gasteiger partial charge is 0.319 e. The number of hydrogen-bond acceptors (Lipinski definition) is 14. The van der Waals surface area contributed by atoms with Gasteiger partial charge < -0.3 is 38.9 Å². The number of aromatic nitrogens is 5. The predicted octanol–water partition coefficient (Wildman–Crippen LogP) is 8.95. The molecule has 83 heavy (non-hydrogen) atoms. The van der Waals surface area contributed by atoms with Crippen molar-refractivity contribution >= 4 is 56.1 Å². The van der Waals surface area contributed by atoms with E-state index in [1.54, 1.807) is 31.3 Å². The van der Waals surface area contributed by atoms with E-state index < -0.39 is 17.3 Å². The summed E-state index contributed by atoms with van der Waals surface area (Å²) in [5, 5.41) is 21.1. The van der Waals surface area contributed by atoms with Crippen molar-refractivity contribution in [2.24, 2.45) is 23.8 Å². The number of anilines is 1. The second-order valence-electron chi connectivity index (χ2n) is 25.9. The zero-order chi connectivity index (χ0) is 57.4. The van der Waals surface area contributed by atoms with Gasteiger partial charge >= 0.3 is 6.01 Å². The molecule has 7 fully saturated rings. The highest BCUT2D eigenvalue weighted by Gasteiger charge is 2.50. The Morgan fingerprint density at radius 3 is 2.39 bits per heavy atom. The van der Waals surface area contributed by atoms with Crippen molar-refractivity contribution in [2.45, 2.75) is 134 Å². The van der Waals surface area contributed by atoms with Gasteiger partial charge in [-0.3, -0.25) is 29.4 Å². The Morgan fingerprint density at radius 2 is 1.66 bits per heavy atom. The molecule has 1 spiro atoms. The lowest BCUT2D eigenvalue weighted by atomic mass is 9.59. The van der Waals surface area contributed by atoms with Gasteiger partial charge in [0, 0.05) is 87.8 Å². The standard InChI is InChI=1S/C64H78F2N10O7/c1-5-45-50(65)11-8-42-29-44(83-38-81-4)31-48(53(42)45)56-54(66)57-49(34-67-56)58(76-22-6-17-62(2,80)35-76)70-61(69-57)82-37-64(18-19-64)36-73-23-13-40(14-24-73)60(79)75-27-20-63(21-28-75)32-43(33-63)74-25-15-39(16-26-74)41-7-9-46-51(30-41)72(3)71-55(46)47-10-12-52(77)68-59(47)78/h7-9,11,29-31,34,39-40,43,47,80H,5-6,10,12-28,32-33,35-38H2,1-4H3,(H,68,77,78)/t47?,62-/m1/s1. The molecule has 5 aliphatic heterocycles. The van der Waals surface area contributed by atoms with Crippen LogP contribution >= 0.6 is 0 Å². The Kier molecular flexibility index (Phi) is 14.9. The van der Waals surface area contributed by atoms with Crippen molar-refractivity contribution in [1.29, 1.82) is 0 Å². The van der Waals surface area contributed by atoms with E-state index in [2.05, 4.69) is 38.2 Å². The quantitative estimate of drug-likeness (QED) is 0.0735. The molecule has 440 valence electrons. The second kappa shape index (κ2) is 22.2. The minimum Gasteiger partial charge on any atom is -0.468 e. The summed E-state index contributed by atoms with van der Waals surface area (Å²) in [7, 11) is 3.46. The number of benzene rings is 3. The molecule has 0 radical (unpaired) electrons. The lowest BCUT2D eigenvalue weighted by Crippen LogP contribution is -2.57. The normalized spacial score (nSPS) is 23.8. The summed E-state index contributed by atoms with van der Waals surface area (Å²) in [6, 6.07) is 13.8. The largest absolute Gasteiger partial charge is 0.468 e. The number of fused-ring (bicyclic) bond motifs is 3. The number of methoxy groups -OCH3 is 1. The fourth-order valence-electron chi connectivity index (χ4n) is 15.1. The Hall–Kier alpha value is -6.41. The Bertz CT molecular complexity index is 3480. The van der Waals surface area contributed by atoms with Gasteiger partial charge in [-0.15, -0.1) is 0 Å². The molecule has 13 rings (SSSR count). The minimum absolute atomic E-state index is 0.00294. The van der Waals surface area contributed by atoms with Crippen molar-refractivity contribution < 1.29 is 42.5 Å². The molecule has 2 atom stereocenters. The fourth-order valence-corrected chi connectivity index (χ4v) is 15.1. The highest BCUT2D eigenvalue weighted by atomic mass is 19.1. The number of aliphatic hydroxyl groups is 1. The number of hydrogen-bond donors (Lipinski definition) is 2. The number of ether oxygens (including phenoxy) is 3. The monoisotopic (exact) mass is 1140 g/mol. The van der Waals surface area contributed by atoms with Crippen LogP contribution in [0.5, 0.6) is 11.8 Å². The van der Waals surface area contributed by atoms with Crippen molar-refractivity contribution in [1.82, 2.24) is 44.7 Å². The maximum Gasteiger partial charge on any atom is 0.319 e. The Labute approximate surface area is 483 Å². The molecule has 3 aromatic carbocycles. The maximum atomic E-state index is 17.5. The number of nitrogens with one attached hydrogen (secondary N) is 1. The number of carbonyl (C=O) groups is 3. The van der Waals surface area contributed by atoms with E-state index in [0.29, 0.717) is 108 Å². The SMILES string of the molecule is CCc1c(F)ccc2cc(OCOC)cc(-c3ncc4c(N5CCC[C@@](C)(O)C5)nc(OCC5(CN6CCC(C(=O)N7CCC8(CC7)CC(N7CCC(c9ccc%10c(C%11CCC(=O)NC%11=O)nn(C)c%10c9)CC7)C8)CC6)CC5)nc4c3F)c12. The first-order valence-corrected chi connectivity index (χ1v) is 30.5. The minimum atomic E-state index is -0.975. The van der Waals surface area contributed by atoms with Gasteiger partial charge in [-0.1, -0.05) is 25.1 Å². The van der Waals surface area contributed by atoms with Crippen LogP contribution in [0.4, 0.5) is 14.6 Å². The number of halogens is 2. The molecule has 3 aromatic heterocycles. The molecule has 1 unspecified atom stereocenters. The molecule has 17 nitrogen and oxygen atoms in total. The summed E-state index contributed by atoms with van der Waals surface area (Å²) in [6.07, 6.45) is 14.6. The highest BCUT2D eigenvalue weighted by molar-refractivity contribution is 6.03. The molecule has 3 amide bonds. The number of piperidine rings is 5. The van der Waals surface area contributed by atoms with Crippen LogP contribution in [0.25, 0.3) is 43.8 Å². The van der Waals surface area contributed by atoms with Crippen molar-refractivity contribution in [2.75, 3.05) is 84.3 Å². The van der Waals surface area contributed by atoms with Gasteiger partial charge in [0.2, 0.25) is 17.7 Å². The van der Waals surface area contributed by atoms with Crippen LogP contribution < -0.4 is 19.7 Å². The Balaban J connectivity index is 0.609. The zero-order valence-corrected chi connectivity index (χ0v) is 48.5. The number of carbonyl (C=O) groups excluding carboxylic acids is 3. The van der Waals surface area contributed by atoms with Gasteiger partial charge in [-0.25, -0.2) is 8.78 Å². The number of imide groups is 1. The maximum absolute atomic E-state index is 17.5. The van der Waals surface area contributed by atoms with Crippen LogP contribution in [0.15, 0.2) is 48.7 Å². The second-order valence-corrected chi connectivity index (χ2v) is 25.9. The number of amides is 3. The van der Waals surface area contributed by atoms with Gasteiger partial charge in [0.1, 0.15) is 28.6 Å². The van der Waals surface area contributed by atoms with Crippen molar-refractivity contribution in [3.05, 3.63) is 77.1 Å². The number of β-amino-alcohol motifs (C(OH)–C–C–N with tert-alkyl or cyclic N) is 1. The van der Waals surface area contributed by atoms with Gasteiger partial charge in [0.25, 0.3) is 0 Å². The summed E-state index contributed by atoms with van der Waals surface area (Å²) in [5.74, 6) is -0.250. The van der Waals surface area contributed by atoms with E-state index in [9.17, 15) is 19.5 Å². The molecule has 2 saturated carbocycles. The number of aryl methyl sites for hydroxylation is 2. The molecule has 7 aliphatic rings. The molecular weight excluding hydrogens is 1060 g/mol. The summed E-state index contributed by atoms with van der Waals surface area (Å²) in [6.45, 7) is 11.3. The molecular formula is C64H78F2N10O7. The van der Waals surface area contributed by atoms with Gasteiger partial charge in [0.05, 0.1) is 34.7 Å². The third kappa shape index (κ3) is 10.9. The highest BCUT2D eigenvalue weighted by Crippen LogP contribution is 2.53. The van der Waals surface area contributed by atoms with Gasteiger partial charge in [0.15, 0.2) is 12.6 Å². The predicted molar refractivity (Wildman–Crippen MR) is 311 cm³/mol. The Morgan fingerprint density at radius 1 is 0.880 bits per heavy atom. The third-order valence-corrected chi connectivity index (χ3v) is 20.1. The average Bonchev–Trinajstić information content (AvgIpc) is 4.25. The number of rotatable bonds is 15. The number of nitrogens with zero attached hydrogens (tertiary/aromatic N) is 9. The topological polar surface area (TPSA) is 181 Å². The van der Waals surface area contributed by atoms with Crippen LogP contribution in [0.1, 0.15) is 132 Å². The van der Waals surface area contributed by atoms with E-state index in [0.717, 1.165) is 120 Å². The molecule has 2 aliphatic carbocycles. The summed E-state index contributed by atoms with van der Waals surface area (Å²) < 4.78 is 52.3. The average molecular weight is 1140 g/mol. The summed E-state index contributed by atoms with van der Waals surface area (Å²) in [5.41, 5.74) is 3.21. The molecule has 6 aromatic rings. The van der Waals surface area contributed by atoms with Crippen LogP contribution in [0, 0.1) is 28.4 Å². The van der Waals surface area contributed by atoms with E-state index in [1.807, 2.05) is 23.6 Å². The van der Waals surface area contributed by atoms with E-state index in [-0.39, 0.29) is 53.0 Å². The van der Waals surface area contributed by atoms with Gasteiger partial charge in [-0.2, -0.15) is 15.1 Å². The van der Waals surface area contributed by atoms with Crippen LogP contribution in [-0.2, 0) is 32.6 Å². The summed E-state index contributed by atoms with van der Waals surface area (Å²) >= 11 is 0. The molecule has 2 N–H and O–H groups in total. The van der Waals surface area contributed by atoms with Crippen LogP contribution in [-0.4, -0.2) is 153 Å². The molecule has 8 heterocycles. The van der Waals surface area contributed by atoms with Gasteiger partial charge in [-0.05, 0) is 180 Å². The summed E-state index contributed by atoms with van der Waals surface area (Å²) in [4.78, 5) is 62.3. The molecule has 0 bridgehead atoms. The van der Waals surface area contributed by atoms with E-state index >= 15 is 8.78 Å². The first kappa shape index (κ1) is 55.8. The van der Waals surface area contributed by atoms with Crippen LogP contribution in [0.3, 0.4) is 0 Å². The lowest BCUT2D eigenvalue weighted by Gasteiger charge is -2.56. The lowest BCUT2D eigenvalue weighted by molar-refractivity contribution is -0.142. The fraction of sp³-hybridized carbons (Fsp3) is 0.578. The molecule has 19 heteroatoms. The van der Waals surface area contributed by atoms with Crippen LogP contribution in [0.2, 0.25) is 0 Å². The number of likely N-dealkylation sites (tertiary alicyclic amines) is 3.